The molecule has 0 fully saturated rings. The van der Waals surface area contributed by atoms with E-state index in [-0.39, 0.29) is 0 Å². The van der Waals surface area contributed by atoms with Gasteiger partial charge in [0.05, 0.1) is 6.26 Å². The molecular weight excluding hydrogens is 466 g/mol. The summed E-state index contributed by atoms with van der Waals surface area (Å²) in [6, 6.07) is 20.3. The summed E-state index contributed by atoms with van der Waals surface area (Å²) in [4.78, 5) is 1.25. The van der Waals surface area contributed by atoms with Crippen LogP contribution in [0.2, 0.25) is 0 Å². The Balaban J connectivity index is 1.91. The molecule has 0 spiro atoms. The van der Waals surface area contributed by atoms with Crippen molar-refractivity contribution in [3.63, 3.8) is 0 Å². The van der Waals surface area contributed by atoms with Gasteiger partial charge in [-0.1, -0.05) is 52.3 Å². The summed E-state index contributed by atoms with van der Waals surface area (Å²) < 4.78 is 26.9. The third-order valence-corrected chi connectivity index (χ3v) is 7.31. The van der Waals surface area contributed by atoms with Crippen molar-refractivity contribution >= 4 is 55.1 Å². The number of benzene rings is 3. The van der Waals surface area contributed by atoms with Gasteiger partial charge in [0.1, 0.15) is 0 Å². The molecule has 0 aliphatic carbocycles. The summed E-state index contributed by atoms with van der Waals surface area (Å²) in [7, 11) is -3.32. The number of hydrogen-bond donors (Lipinski definition) is 1. The first-order valence-corrected chi connectivity index (χ1v) is 12.8. The molecule has 3 aromatic carbocycles. The van der Waals surface area contributed by atoms with Crippen molar-refractivity contribution < 1.29 is 8.42 Å². The number of thioether (sulfide) groups is 1. The molecule has 29 heavy (non-hydrogen) atoms. The first-order valence-electron chi connectivity index (χ1n) is 9.11. The first kappa shape index (κ1) is 20.3. The molecule has 1 aliphatic rings. The molecular formula is C23H20BrNO2S2. The number of fused-ring (bicyclic) bond motifs is 2. The minimum Gasteiger partial charge on any atom is -0.284 e. The highest BCUT2D eigenvalue weighted by molar-refractivity contribution is 9.10. The minimum atomic E-state index is -3.32. The Kier molecular flexibility index (Phi) is 5.60. The number of anilines is 1. The molecule has 1 aliphatic heterocycles. The molecule has 0 atom stereocenters. The van der Waals surface area contributed by atoms with Crippen LogP contribution in [0, 0.1) is 6.92 Å². The van der Waals surface area contributed by atoms with Crippen molar-refractivity contribution in [2.24, 2.45) is 0 Å². The van der Waals surface area contributed by atoms with Gasteiger partial charge >= 0.3 is 0 Å². The Morgan fingerprint density at radius 3 is 2.62 bits per heavy atom. The zero-order chi connectivity index (χ0) is 20.6. The lowest BCUT2D eigenvalue weighted by atomic mass is 9.92. The number of hydrogen-bond acceptors (Lipinski definition) is 3. The molecule has 1 N–H and O–H groups in total. The van der Waals surface area contributed by atoms with E-state index < -0.39 is 10.0 Å². The maximum atomic E-state index is 11.6. The van der Waals surface area contributed by atoms with Gasteiger partial charge in [-0.25, -0.2) is 8.42 Å². The maximum absolute atomic E-state index is 11.6. The monoisotopic (exact) mass is 485 g/mol. The van der Waals surface area contributed by atoms with Crippen LogP contribution >= 0.6 is 27.7 Å². The summed E-state index contributed by atoms with van der Waals surface area (Å²) >= 11 is 5.53. The Labute approximate surface area is 184 Å². The summed E-state index contributed by atoms with van der Waals surface area (Å²) in [5.41, 5.74) is 7.52. The lowest BCUT2D eigenvalue weighted by Crippen LogP contribution is -2.09. The molecule has 0 saturated carbocycles. The van der Waals surface area contributed by atoms with Crippen LogP contribution in [0.5, 0.6) is 0 Å². The number of halogens is 1. The van der Waals surface area contributed by atoms with Crippen molar-refractivity contribution in [2.75, 3.05) is 11.0 Å². The Hall–Kier alpha value is -2.02. The SMILES string of the molecule is Cc1cc2c(cc1Br)C(=Cc1cccc(NS(C)(=O)=O)c1)c1ccccc1CS2. The van der Waals surface area contributed by atoms with E-state index in [4.69, 9.17) is 0 Å². The highest BCUT2D eigenvalue weighted by atomic mass is 79.9. The molecule has 0 amide bonds. The summed E-state index contributed by atoms with van der Waals surface area (Å²) in [5, 5.41) is 0. The van der Waals surface area contributed by atoms with Gasteiger partial charge < -0.3 is 0 Å². The molecule has 0 unspecified atom stereocenters. The molecule has 3 nitrogen and oxygen atoms in total. The van der Waals surface area contributed by atoms with E-state index in [1.54, 1.807) is 6.07 Å². The standard InChI is InChI=1S/C23H20BrNO2S2/c1-15-10-23-21(13-22(15)24)20(19-9-4-3-7-17(19)14-28-23)12-16-6-5-8-18(11-16)25-29(2,26)27/h3-13,25H,14H2,1-2H3. The van der Waals surface area contributed by atoms with Crippen LogP contribution in [-0.2, 0) is 15.8 Å². The number of nitrogens with one attached hydrogen (secondary N) is 1. The summed E-state index contributed by atoms with van der Waals surface area (Å²) in [6.07, 6.45) is 3.30. The Morgan fingerprint density at radius 2 is 1.83 bits per heavy atom. The van der Waals surface area contributed by atoms with Gasteiger partial charge in [-0.3, -0.25) is 4.72 Å². The van der Waals surface area contributed by atoms with Crippen LogP contribution in [0.3, 0.4) is 0 Å². The molecule has 0 saturated heterocycles. The summed E-state index contributed by atoms with van der Waals surface area (Å²) in [5.74, 6) is 0.914. The van der Waals surface area contributed by atoms with Gasteiger partial charge in [-0.2, -0.15) is 0 Å². The topological polar surface area (TPSA) is 46.2 Å². The quantitative estimate of drug-likeness (QED) is 0.471. The second kappa shape index (κ2) is 8.01. The molecule has 1 heterocycles. The van der Waals surface area contributed by atoms with E-state index in [9.17, 15) is 8.42 Å². The second-order valence-corrected chi connectivity index (χ2v) is 10.7. The van der Waals surface area contributed by atoms with Crippen LogP contribution in [0.25, 0.3) is 11.6 Å². The van der Waals surface area contributed by atoms with E-state index in [1.807, 2.05) is 30.0 Å². The largest absolute Gasteiger partial charge is 0.284 e. The fraction of sp³-hybridized carbons (Fsp3) is 0.130. The van der Waals surface area contributed by atoms with Gasteiger partial charge in [0.15, 0.2) is 0 Å². The number of rotatable bonds is 3. The Bertz CT molecular complexity index is 1230. The van der Waals surface area contributed by atoms with E-state index in [1.165, 1.54) is 27.1 Å². The van der Waals surface area contributed by atoms with E-state index in [0.717, 1.165) is 27.6 Å². The maximum Gasteiger partial charge on any atom is 0.229 e. The number of sulfonamides is 1. The number of aryl methyl sites for hydroxylation is 1. The highest BCUT2D eigenvalue weighted by Crippen LogP contribution is 2.43. The molecule has 148 valence electrons. The molecule has 3 aromatic rings. The average molecular weight is 486 g/mol. The smallest absolute Gasteiger partial charge is 0.229 e. The van der Waals surface area contributed by atoms with Crippen LogP contribution in [0.4, 0.5) is 5.69 Å². The predicted octanol–water partition coefficient (Wildman–Crippen LogP) is 6.32. The highest BCUT2D eigenvalue weighted by Gasteiger charge is 2.19. The normalized spacial score (nSPS) is 14.8. The molecule has 4 rings (SSSR count). The van der Waals surface area contributed by atoms with E-state index in [2.05, 4.69) is 70.0 Å². The van der Waals surface area contributed by atoms with Crippen molar-refractivity contribution in [1.82, 2.24) is 0 Å². The first-order chi connectivity index (χ1) is 13.8. The lowest BCUT2D eigenvalue weighted by molar-refractivity contribution is 0.607. The van der Waals surface area contributed by atoms with Gasteiger partial charge in [-0.05, 0) is 70.7 Å². The van der Waals surface area contributed by atoms with Crippen LogP contribution in [-0.4, -0.2) is 14.7 Å². The fourth-order valence-electron chi connectivity index (χ4n) is 3.42. The third kappa shape index (κ3) is 4.60. The van der Waals surface area contributed by atoms with Gasteiger partial charge in [0, 0.05) is 20.8 Å². The van der Waals surface area contributed by atoms with Crippen molar-refractivity contribution in [1.29, 1.82) is 0 Å². The van der Waals surface area contributed by atoms with Gasteiger partial charge in [-0.15, -0.1) is 11.8 Å². The predicted molar refractivity (Wildman–Crippen MR) is 127 cm³/mol. The molecule has 6 heteroatoms. The van der Waals surface area contributed by atoms with Crippen LogP contribution in [0.15, 0.2) is 70.0 Å². The van der Waals surface area contributed by atoms with Crippen molar-refractivity contribution in [3.8, 4) is 0 Å². The molecule has 0 radical (unpaired) electrons. The second-order valence-electron chi connectivity index (χ2n) is 7.10. The van der Waals surface area contributed by atoms with Gasteiger partial charge in [0.25, 0.3) is 0 Å². The fourth-order valence-corrected chi connectivity index (χ4v) is 5.47. The van der Waals surface area contributed by atoms with Crippen molar-refractivity contribution in [2.45, 2.75) is 17.6 Å². The third-order valence-electron chi connectivity index (χ3n) is 4.74. The zero-order valence-electron chi connectivity index (χ0n) is 16.1. The minimum absolute atomic E-state index is 0.559. The lowest BCUT2D eigenvalue weighted by Gasteiger charge is -2.14. The molecule has 0 bridgehead atoms. The van der Waals surface area contributed by atoms with Crippen LogP contribution < -0.4 is 4.72 Å². The van der Waals surface area contributed by atoms with Gasteiger partial charge in [0.2, 0.25) is 10.0 Å². The van der Waals surface area contributed by atoms with Crippen LogP contribution in [0.1, 0.15) is 27.8 Å². The van der Waals surface area contributed by atoms with E-state index >= 15 is 0 Å². The van der Waals surface area contributed by atoms with E-state index in [0.29, 0.717) is 5.69 Å². The van der Waals surface area contributed by atoms with Crippen molar-refractivity contribution in [3.05, 3.63) is 93.0 Å². The molecule has 0 aromatic heterocycles. The Morgan fingerprint density at radius 1 is 1.03 bits per heavy atom. The average Bonchev–Trinajstić information content (AvgIpc) is 2.79. The summed E-state index contributed by atoms with van der Waals surface area (Å²) in [6.45, 7) is 2.10. The zero-order valence-corrected chi connectivity index (χ0v) is 19.3.